The summed E-state index contributed by atoms with van der Waals surface area (Å²) in [7, 11) is 2.94. The van der Waals surface area contributed by atoms with Gasteiger partial charge in [0.15, 0.2) is 0 Å². The number of benzene rings is 2. The first-order chi connectivity index (χ1) is 19.2. The standard InChI is InChI=1S/C29H35N5O6/c1-19-25(27(26(20(2)31-19)29(36)40-4)21-8-7-9-22(18-21)34(37)38)28(35)30-12-13-32-14-16-33(17-15-32)23-10-5-6-11-24(23)39-3/h5-11,18,27,31H,12-17H2,1-4H3,(H,30,35). The number of methoxy groups -OCH3 is 2. The maximum absolute atomic E-state index is 13.6. The van der Waals surface area contributed by atoms with Crippen molar-refractivity contribution in [1.29, 1.82) is 0 Å². The largest absolute Gasteiger partial charge is 0.495 e. The summed E-state index contributed by atoms with van der Waals surface area (Å²) in [4.78, 5) is 41.9. The van der Waals surface area contributed by atoms with E-state index in [2.05, 4.69) is 26.5 Å². The van der Waals surface area contributed by atoms with Crippen LogP contribution in [0.25, 0.3) is 0 Å². The summed E-state index contributed by atoms with van der Waals surface area (Å²) in [5, 5.41) is 17.6. The molecular formula is C29H35N5O6. The van der Waals surface area contributed by atoms with Gasteiger partial charge in [0.2, 0.25) is 5.91 Å². The molecule has 1 saturated heterocycles. The van der Waals surface area contributed by atoms with E-state index in [1.165, 1.54) is 19.2 Å². The molecule has 2 N–H and O–H groups in total. The number of hydrogen-bond donors (Lipinski definition) is 2. The Kier molecular flexibility index (Phi) is 9.05. The van der Waals surface area contributed by atoms with E-state index >= 15 is 0 Å². The average Bonchev–Trinajstić information content (AvgIpc) is 2.96. The van der Waals surface area contributed by atoms with Crippen LogP contribution in [0.1, 0.15) is 25.3 Å². The molecule has 2 aromatic carbocycles. The number of amides is 1. The predicted molar refractivity (Wildman–Crippen MR) is 151 cm³/mol. The summed E-state index contributed by atoms with van der Waals surface area (Å²) in [6.07, 6.45) is 0. The summed E-state index contributed by atoms with van der Waals surface area (Å²) >= 11 is 0. The lowest BCUT2D eigenvalue weighted by Crippen LogP contribution is -2.48. The van der Waals surface area contributed by atoms with Crippen LogP contribution in [0, 0.1) is 10.1 Å². The zero-order chi connectivity index (χ0) is 28.8. The van der Waals surface area contributed by atoms with Crippen molar-refractivity contribution >= 4 is 23.3 Å². The van der Waals surface area contributed by atoms with Crippen LogP contribution in [-0.4, -0.2) is 75.2 Å². The lowest BCUT2D eigenvalue weighted by molar-refractivity contribution is -0.384. The third kappa shape index (κ3) is 6.09. The fraction of sp³-hybridized carbons (Fsp3) is 0.379. The number of rotatable bonds is 9. The molecule has 11 nitrogen and oxygen atoms in total. The topological polar surface area (TPSA) is 126 Å². The lowest BCUT2D eigenvalue weighted by Gasteiger charge is -2.36. The van der Waals surface area contributed by atoms with E-state index < -0.39 is 16.8 Å². The van der Waals surface area contributed by atoms with E-state index in [9.17, 15) is 19.7 Å². The van der Waals surface area contributed by atoms with Crippen LogP contribution in [0.5, 0.6) is 5.75 Å². The smallest absolute Gasteiger partial charge is 0.336 e. The van der Waals surface area contributed by atoms with Crippen LogP contribution < -0.4 is 20.3 Å². The van der Waals surface area contributed by atoms with Crippen LogP contribution in [0.2, 0.25) is 0 Å². The molecule has 0 spiro atoms. The highest BCUT2D eigenvalue weighted by atomic mass is 16.6. The number of nitrogens with one attached hydrogen (secondary N) is 2. The third-order valence-corrected chi connectivity index (χ3v) is 7.34. The second-order valence-corrected chi connectivity index (χ2v) is 9.74. The molecule has 4 rings (SSSR count). The maximum atomic E-state index is 13.6. The fourth-order valence-corrected chi connectivity index (χ4v) is 5.35. The van der Waals surface area contributed by atoms with E-state index in [1.54, 1.807) is 33.1 Å². The van der Waals surface area contributed by atoms with Crippen LogP contribution in [0.4, 0.5) is 11.4 Å². The van der Waals surface area contributed by atoms with Gasteiger partial charge >= 0.3 is 5.97 Å². The van der Waals surface area contributed by atoms with Gasteiger partial charge in [0.1, 0.15) is 5.75 Å². The number of dihydropyridines is 1. The van der Waals surface area contributed by atoms with Gasteiger partial charge in [-0.15, -0.1) is 0 Å². The van der Waals surface area contributed by atoms with Gasteiger partial charge in [-0.3, -0.25) is 19.8 Å². The number of nitro groups is 1. The zero-order valence-corrected chi connectivity index (χ0v) is 23.2. The normalized spacial score (nSPS) is 17.8. The Morgan fingerprint density at radius 1 is 1.02 bits per heavy atom. The van der Waals surface area contributed by atoms with Crippen molar-refractivity contribution in [2.75, 3.05) is 58.4 Å². The molecule has 0 radical (unpaired) electrons. The van der Waals surface area contributed by atoms with Gasteiger partial charge in [0, 0.05) is 68.4 Å². The molecule has 0 saturated carbocycles. The molecule has 1 fully saturated rings. The Morgan fingerprint density at radius 3 is 2.40 bits per heavy atom. The molecule has 11 heteroatoms. The summed E-state index contributed by atoms with van der Waals surface area (Å²) in [5.41, 5.74) is 3.09. The molecule has 0 aliphatic carbocycles. The summed E-state index contributed by atoms with van der Waals surface area (Å²) in [5.74, 6) is -0.921. The second-order valence-electron chi connectivity index (χ2n) is 9.74. The van der Waals surface area contributed by atoms with Gasteiger partial charge in [-0.05, 0) is 31.5 Å². The highest BCUT2D eigenvalue weighted by Gasteiger charge is 2.37. The van der Waals surface area contributed by atoms with Gasteiger partial charge < -0.3 is 25.0 Å². The minimum atomic E-state index is -0.821. The van der Waals surface area contributed by atoms with Gasteiger partial charge in [-0.25, -0.2) is 4.79 Å². The number of esters is 1. The fourth-order valence-electron chi connectivity index (χ4n) is 5.35. The number of nitrogens with zero attached hydrogens (tertiary/aromatic N) is 3. The molecule has 2 aliphatic rings. The lowest BCUT2D eigenvalue weighted by atomic mass is 9.80. The molecule has 40 heavy (non-hydrogen) atoms. The number of nitro benzene ring substituents is 1. The van der Waals surface area contributed by atoms with Crippen molar-refractivity contribution in [3.63, 3.8) is 0 Å². The Labute approximate surface area is 233 Å². The van der Waals surface area contributed by atoms with Gasteiger partial charge in [-0.1, -0.05) is 24.3 Å². The Morgan fingerprint density at radius 2 is 1.73 bits per heavy atom. The van der Waals surface area contributed by atoms with Gasteiger partial charge in [-0.2, -0.15) is 0 Å². The third-order valence-electron chi connectivity index (χ3n) is 7.34. The number of non-ortho nitro benzene ring substituents is 1. The molecule has 1 atom stereocenters. The highest BCUT2D eigenvalue weighted by molar-refractivity contribution is 6.02. The number of hydrogen-bond acceptors (Lipinski definition) is 9. The summed E-state index contributed by atoms with van der Waals surface area (Å²) in [6.45, 7) is 7.89. The molecule has 212 valence electrons. The molecule has 1 unspecified atom stereocenters. The monoisotopic (exact) mass is 549 g/mol. The molecule has 1 amide bonds. The predicted octanol–water partition coefficient (Wildman–Crippen LogP) is 2.95. The first-order valence-corrected chi connectivity index (χ1v) is 13.1. The molecule has 2 heterocycles. The number of para-hydroxylation sites is 2. The second kappa shape index (κ2) is 12.6. The van der Waals surface area contributed by atoms with Crippen LogP contribution in [-0.2, 0) is 14.3 Å². The molecule has 0 bridgehead atoms. The number of piperazine rings is 1. The van der Waals surface area contributed by atoms with Crippen molar-refractivity contribution in [3.8, 4) is 5.75 Å². The maximum Gasteiger partial charge on any atom is 0.336 e. The summed E-state index contributed by atoms with van der Waals surface area (Å²) in [6, 6.07) is 14.0. The van der Waals surface area contributed by atoms with Crippen LogP contribution in [0.3, 0.4) is 0 Å². The first kappa shape index (κ1) is 28.6. The van der Waals surface area contributed by atoms with Crippen molar-refractivity contribution in [3.05, 3.63) is 86.7 Å². The minimum absolute atomic E-state index is 0.123. The quantitative estimate of drug-likeness (QED) is 0.276. The van der Waals surface area contributed by atoms with E-state index in [0.29, 0.717) is 35.6 Å². The number of ether oxygens (including phenoxy) is 2. The number of anilines is 1. The SMILES string of the molecule is COC(=O)C1=C(C)NC(C)=C(C(=O)NCCN2CCN(c3ccccc3OC)CC2)C1c1cccc([N+](=O)[O-])c1. The first-order valence-electron chi connectivity index (χ1n) is 13.1. The van der Waals surface area contributed by atoms with Gasteiger partial charge in [0.05, 0.1) is 36.3 Å². The summed E-state index contributed by atoms with van der Waals surface area (Å²) < 4.78 is 10.5. The Balaban J connectivity index is 1.45. The molecule has 0 aromatic heterocycles. The molecule has 2 aromatic rings. The van der Waals surface area contributed by atoms with E-state index in [0.717, 1.165) is 37.6 Å². The minimum Gasteiger partial charge on any atom is -0.495 e. The van der Waals surface area contributed by atoms with Crippen LogP contribution in [0.15, 0.2) is 71.1 Å². The zero-order valence-electron chi connectivity index (χ0n) is 23.2. The van der Waals surface area contributed by atoms with E-state index in [1.807, 2.05) is 18.2 Å². The molecule has 2 aliphatic heterocycles. The average molecular weight is 550 g/mol. The van der Waals surface area contributed by atoms with E-state index in [4.69, 9.17) is 9.47 Å². The number of allylic oxidation sites excluding steroid dienone is 2. The Bertz CT molecular complexity index is 1350. The van der Waals surface area contributed by atoms with Crippen molar-refractivity contribution in [2.45, 2.75) is 19.8 Å². The molecular weight excluding hydrogens is 514 g/mol. The van der Waals surface area contributed by atoms with Gasteiger partial charge in [0.25, 0.3) is 5.69 Å². The van der Waals surface area contributed by atoms with Crippen molar-refractivity contribution < 1.29 is 24.0 Å². The number of carbonyl (C=O) groups excluding carboxylic acids is 2. The Hall–Kier alpha value is -4.38. The van der Waals surface area contributed by atoms with E-state index in [-0.39, 0.29) is 17.2 Å². The number of carbonyl (C=O) groups is 2. The highest BCUT2D eigenvalue weighted by Crippen LogP contribution is 2.39. The van der Waals surface area contributed by atoms with Crippen molar-refractivity contribution in [2.24, 2.45) is 0 Å². The van der Waals surface area contributed by atoms with Crippen molar-refractivity contribution in [1.82, 2.24) is 15.5 Å². The van der Waals surface area contributed by atoms with Crippen LogP contribution >= 0.6 is 0 Å².